The maximum atomic E-state index is 9.03. The molecule has 0 aromatic heterocycles. The molecule has 0 saturated heterocycles. The maximum Gasteiger partial charge on any atom is 0.137 e. The summed E-state index contributed by atoms with van der Waals surface area (Å²) in [4.78, 5) is 0. The quantitative estimate of drug-likeness (QED) is 0.897. The van der Waals surface area contributed by atoms with Crippen molar-refractivity contribution in [1.29, 1.82) is 5.26 Å². The van der Waals surface area contributed by atoms with E-state index in [2.05, 4.69) is 6.07 Å². The van der Waals surface area contributed by atoms with Gasteiger partial charge in [0.15, 0.2) is 0 Å². The molecule has 4 heteroatoms. The van der Waals surface area contributed by atoms with Crippen LogP contribution in [0.5, 0.6) is 5.75 Å². The summed E-state index contributed by atoms with van der Waals surface area (Å²) in [5.74, 6) is 1.01. The third kappa shape index (κ3) is 2.71. The molecule has 0 aliphatic heterocycles. The molecule has 1 aromatic rings. The van der Waals surface area contributed by atoms with Gasteiger partial charge in [-0.1, -0.05) is 11.6 Å². The summed E-state index contributed by atoms with van der Waals surface area (Å²) >= 11 is 5.84. The first-order valence-electron chi connectivity index (χ1n) is 5.81. The molecule has 1 aliphatic rings. The zero-order valence-electron chi connectivity index (χ0n) is 9.53. The molecular formula is C13H15ClN2O. The summed E-state index contributed by atoms with van der Waals surface area (Å²) in [7, 11) is 0. The summed E-state index contributed by atoms with van der Waals surface area (Å²) in [5.41, 5.74) is 6.19. The Morgan fingerprint density at radius 3 is 3.00 bits per heavy atom. The first-order valence-corrected chi connectivity index (χ1v) is 6.18. The monoisotopic (exact) mass is 250 g/mol. The molecule has 1 fully saturated rings. The summed E-state index contributed by atoms with van der Waals surface area (Å²) in [6, 6.07) is 7.23. The van der Waals surface area contributed by atoms with Crippen molar-refractivity contribution in [3.05, 3.63) is 28.8 Å². The lowest BCUT2D eigenvalue weighted by atomic mass is 10.1. The molecule has 0 heterocycles. The van der Waals surface area contributed by atoms with Gasteiger partial charge < -0.3 is 10.5 Å². The Morgan fingerprint density at radius 1 is 1.47 bits per heavy atom. The lowest BCUT2D eigenvalue weighted by molar-refractivity contribution is 0.162. The molecule has 2 N–H and O–H groups in total. The van der Waals surface area contributed by atoms with Crippen molar-refractivity contribution in [2.24, 2.45) is 11.7 Å². The third-order valence-corrected chi connectivity index (χ3v) is 3.47. The van der Waals surface area contributed by atoms with Gasteiger partial charge in [0.2, 0.25) is 0 Å². The first-order chi connectivity index (χ1) is 8.24. The zero-order chi connectivity index (χ0) is 12.3. The van der Waals surface area contributed by atoms with Crippen LogP contribution in [0.15, 0.2) is 18.2 Å². The fourth-order valence-electron chi connectivity index (χ4n) is 2.28. The second-order valence-electron chi connectivity index (χ2n) is 4.34. The van der Waals surface area contributed by atoms with Gasteiger partial charge in [-0.2, -0.15) is 5.26 Å². The van der Waals surface area contributed by atoms with E-state index in [1.807, 2.05) is 0 Å². The van der Waals surface area contributed by atoms with Crippen LogP contribution in [0.1, 0.15) is 24.8 Å². The Bertz CT molecular complexity index is 442. The van der Waals surface area contributed by atoms with Gasteiger partial charge in [-0.05, 0) is 44.0 Å². The van der Waals surface area contributed by atoms with Crippen LogP contribution in [0.25, 0.3) is 0 Å². The van der Waals surface area contributed by atoms with E-state index in [-0.39, 0.29) is 6.10 Å². The van der Waals surface area contributed by atoms with Crippen molar-refractivity contribution in [2.45, 2.75) is 25.4 Å². The largest absolute Gasteiger partial charge is 0.489 e. The predicted octanol–water partition coefficient (Wildman–Crippen LogP) is 2.72. The molecule has 2 atom stereocenters. The average molecular weight is 251 g/mol. The molecule has 0 bridgehead atoms. The number of halogens is 1. The zero-order valence-corrected chi connectivity index (χ0v) is 10.3. The molecule has 3 nitrogen and oxygen atoms in total. The van der Waals surface area contributed by atoms with E-state index in [4.69, 9.17) is 27.3 Å². The molecule has 2 rings (SSSR count). The van der Waals surface area contributed by atoms with Crippen molar-refractivity contribution in [3.63, 3.8) is 0 Å². The third-order valence-electron chi connectivity index (χ3n) is 3.23. The Kier molecular flexibility index (Phi) is 3.88. The minimum absolute atomic E-state index is 0.133. The van der Waals surface area contributed by atoms with Gasteiger partial charge in [-0.25, -0.2) is 0 Å². The van der Waals surface area contributed by atoms with Gasteiger partial charge in [0.05, 0.1) is 5.56 Å². The van der Waals surface area contributed by atoms with Crippen molar-refractivity contribution in [2.75, 3.05) is 6.54 Å². The molecule has 0 radical (unpaired) electrons. The maximum absolute atomic E-state index is 9.03. The van der Waals surface area contributed by atoms with Crippen LogP contribution >= 0.6 is 11.6 Å². The molecule has 90 valence electrons. The first kappa shape index (κ1) is 12.2. The Morgan fingerprint density at radius 2 is 2.29 bits per heavy atom. The number of hydrogen-bond donors (Lipinski definition) is 1. The van der Waals surface area contributed by atoms with E-state index in [0.29, 0.717) is 28.8 Å². The van der Waals surface area contributed by atoms with Gasteiger partial charge in [0.25, 0.3) is 0 Å². The predicted molar refractivity (Wildman–Crippen MR) is 67.0 cm³/mol. The van der Waals surface area contributed by atoms with Gasteiger partial charge in [0.1, 0.15) is 17.9 Å². The van der Waals surface area contributed by atoms with E-state index in [1.54, 1.807) is 18.2 Å². The molecule has 1 aromatic carbocycles. The van der Waals surface area contributed by atoms with Gasteiger partial charge in [-0.3, -0.25) is 0 Å². The molecular weight excluding hydrogens is 236 g/mol. The summed E-state index contributed by atoms with van der Waals surface area (Å²) in [5, 5.41) is 9.58. The van der Waals surface area contributed by atoms with Gasteiger partial charge in [-0.15, -0.1) is 0 Å². The number of nitriles is 1. The van der Waals surface area contributed by atoms with Crippen molar-refractivity contribution in [3.8, 4) is 11.8 Å². The minimum Gasteiger partial charge on any atom is -0.489 e. The lowest BCUT2D eigenvalue weighted by Crippen LogP contribution is -2.27. The van der Waals surface area contributed by atoms with Crippen LogP contribution in [-0.2, 0) is 0 Å². The number of rotatable bonds is 3. The van der Waals surface area contributed by atoms with E-state index in [9.17, 15) is 0 Å². The SMILES string of the molecule is N#Cc1cc(Cl)ccc1OC1CCCC1CN. The molecule has 0 amide bonds. The average Bonchev–Trinajstić information content (AvgIpc) is 2.78. The second-order valence-corrected chi connectivity index (χ2v) is 4.77. The van der Waals surface area contributed by atoms with Crippen LogP contribution in [-0.4, -0.2) is 12.6 Å². The number of nitrogens with zero attached hydrogens (tertiary/aromatic N) is 1. The normalized spacial score (nSPS) is 23.4. The van der Waals surface area contributed by atoms with Crippen LogP contribution < -0.4 is 10.5 Å². The Balaban J connectivity index is 2.16. The highest BCUT2D eigenvalue weighted by Gasteiger charge is 2.28. The van der Waals surface area contributed by atoms with Crippen molar-refractivity contribution < 1.29 is 4.74 Å². The highest BCUT2D eigenvalue weighted by molar-refractivity contribution is 6.30. The van der Waals surface area contributed by atoms with Crippen molar-refractivity contribution in [1.82, 2.24) is 0 Å². The topological polar surface area (TPSA) is 59.0 Å². The van der Waals surface area contributed by atoms with E-state index >= 15 is 0 Å². The number of hydrogen-bond acceptors (Lipinski definition) is 3. The standard InChI is InChI=1S/C13H15ClN2O/c14-11-4-5-13(10(6-11)8-16)17-12-3-1-2-9(12)7-15/h4-6,9,12H,1-3,7,15H2. The molecule has 2 unspecified atom stereocenters. The number of nitrogens with two attached hydrogens (primary N) is 1. The summed E-state index contributed by atoms with van der Waals surface area (Å²) in [6.07, 6.45) is 3.39. The molecule has 17 heavy (non-hydrogen) atoms. The highest BCUT2D eigenvalue weighted by atomic mass is 35.5. The van der Waals surface area contributed by atoms with Crippen LogP contribution in [0.2, 0.25) is 5.02 Å². The smallest absolute Gasteiger partial charge is 0.137 e. The molecule has 1 aliphatic carbocycles. The number of ether oxygens (including phenoxy) is 1. The molecule has 0 spiro atoms. The van der Waals surface area contributed by atoms with Crippen molar-refractivity contribution >= 4 is 11.6 Å². The molecule has 1 saturated carbocycles. The van der Waals surface area contributed by atoms with E-state index in [1.165, 1.54) is 0 Å². The summed E-state index contributed by atoms with van der Waals surface area (Å²) in [6.45, 7) is 0.639. The van der Waals surface area contributed by atoms with Gasteiger partial charge in [0, 0.05) is 10.9 Å². The van der Waals surface area contributed by atoms with Crippen LogP contribution in [0, 0.1) is 17.2 Å². The fourth-order valence-corrected chi connectivity index (χ4v) is 2.46. The Hall–Kier alpha value is -1.24. The lowest BCUT2D eigenvalue weighted by Gasteiger charge is -2.20. The second kappa shape index (κ2) is 5.39. The summed E-state index contributed by atoms with van der Waals surface area (Å²) < 4.78 is 5.89. The highest BCUT2D eigenvalue weighted by Crippen LogP contribution is 2.31. The van der Waals surface area contributed by atoms with Crippen LogP contribution in [0.4, 0.5) is 0 Å². The van der Waals surface area contributed by atoms with E-state index in [0.717, 1.165) is 19.3 Å². The van der Waals surface area contributed by atoms with Gasteiger partial charge >= 0.3 is 0 Å². The minimum atomic E-state index is 0.133. The van der Waals surface area contributed by atoms with Crippen LogP contribution in [0.3, 0.4) is 0 Å². The van der Waals surface area contributed by atoms with E-state index < -0.39 is 0 Å². The fraction of sp³-hybridized carbons (Fsp3) is 0.462. The Labute approximate surface area is 106 Å². The number of benzene rings is 1.